The fourth-order valence-electron chi connectivity index (χ4n) is 1.68. The number of aliphatic hydroxyl groups excluding tert-OH is 1. The molecule has 21 heavy (non-hydrogen) atoms. The van der Waals surface area contributed by atoms with Crippen LogP contribution in [0.4, 0.5) is 0 Å². The van der Waals surface area contributed by atoms with Crippen molar-refractivity contribution in [3.63, 3.8) is 0 Å². The van der Waals surface area contributed by atoms with Crippen molar-refractivity contribution in [1.29, 1.82) is 0 Å². The standard InChI is InChI=1S/C11H12ClN3O5S/c1-19-11-7(5-16)2-8(12)3-9(11)21(17,18)14-4-10-13-6-20-15-10/h2-3,6,14,16H,4-5H2,1H3. The average Bonchev–Trinajstić information content (AvgIpc) is 2.97. The average molecular weight is 334 g/mol. The minimum atomic E-state index is -3.93. The van der Waals surface area contributed by atoms with E-state index in [4.69, 9.17) is 16.3 Å². The number of methoxy groups -OCH3 is 1. The molecule has 0 aliphatic carbocycles. The molecule has 2 rings (SSSR count). The van der Waals surface area contributed by atoms with E-state index in [-0.39, 0.29) is 33.6 Å². The van der Waals surface area contributed by atoms with Crippen LogP contribution < -0.4 is 9.46 Å². The third kappa shape index (κ3) is 3.50. The van der Waals surface area contributed by atoms with Gasteiger partial charge >= 0.3 is 0 Å². The Bertz CT molecular complexity index is 718. The molecule has 0 spiro atoms. The van der Waals surface area contributed by atoms with E-state index in [0.29, 0.717) is 0 Å². The normalized spacial score (nSPS) is 11.6. The first-order chi connectivity index (χ1) is 9.97. The molecule has 0 amide bonds. The number of ether oxygens (including phenoxy) is 1. The largest absolute Gasteiger partial charge is 0.495 e. The van der Waals surface area contributed by atoms with Crippen LogP contribution in [-0.4, -0.2) is 30.8 Å². The van der Waals surface area contributed by atoms with Gasteiger partial charge in [0, 0.05) is 10.6 Å². The summed E-state index contributed by atoms with van der Waals surface area (Å²) in [4.78, 5) is 3.53. The first kappa shape index (κ1) is 15.7. The number of hydrogen-bond donors (Lipinski definition) is 2. The Kier molecular flexibility index (Phi) is 4.78. The van der Waals surface area contributed by atoms with Crippen molar-refractivity contribution in [2.75, 3.05) is 7.11 Å². The van der Waals surface area contributed by atoms with Gasteiger partial charge in [0.2, 0.25) is 16.4 Å². The summed E-state index contributed by atoms with van der Waals surface area (Å²) in [5, 5.41) is 12.9. The smallest absolute Gasteiger partial charge is 0.244 e. The molecule has 10 heteroatoms. The summed E-state index contributed by atoms with van der Waals surface area (Å²) >= 11 is 5.86. The zero-order valence-electron chi connectivity index (χ0n) is 10.9. The van der Waals surface area contributed by atoms with Crippen molar-refractivity contribution >= 4 is 21.6 Å². The summed E-state index contributed by atoms with van der Waals surface area (Å²) in [5.41, 5.74) is 0.268. The van der Waals surface area contributed by atoms with E-state index in [1.807, 2.05) is 0 Å². The van der Waals surface area contributed by atoms with E-state index in [1.165, 1.54) is 19.2 Å². The Morgan fingerprint density at radius 3 is 2.81 bits per heavy atom. The molecule has 1 aromatic carbocycles. The molecule has 8 nitrogen and oxygen atoms in total. The predicted octanol–water partition coefficient (Wildman–Crippen LogP) is 0.702. The molecule has 1 heterocycles. The summed E-state index contributed by atoms with van der Waals surface area (Å²) in [6, 6.07) is 2.66. The van der Waals surface area contributed by atoms with Gasteiger partial charge in [-0.15, -0.1) is 0 Å². The van der Waals surface area contributed by atoms with Crippen molar-refractivity contribution in [2.24, 2.45) is 0 Å². The molecule has 0 bridgehead atoms. The Morgan fingerprint density at radius 1 is 1.48 bits per heavy atom. The second-order valence-electron chi connectivity index (χ2n) is 3.93. The highest BCUT2D eigenvalue weighted by atomic mass is 35.5. The highest BCUT2D eigenvalue weighted by Gasteiger charge is 2.23. The third-order valence-electron chi connectivity index (χ3n) is 2.59. The molecule has 0 saturated carbocycles. The highest BCUT2D eigenvalue weighted by Crippen LogP contribution is 2.31. The minimum Gasteiger partial charge on any atom is -0.495 e. The molecule has 114 valence electrons. The number of rotatable bonds is 6. The van der Waals surface area contributed by atoms with Crippen LogP contribution >= 0.6 is 11.6 Å². The summed E-state index contributed by atoms with van der Waals surface area (Å²) in [7, 11) is -2.62. The van der Waals surface area contributed by atoms with Crippen LogP contribution in [0.2, 0.25) is 5.02 Å². The summed E-state index contributed by atoms with van der Waals surface area (Å²) in [6.07, 6.45) is 1.09. The van der Waals surface area contributed by atoms with Crippen molar-refractivity contribution in [2.45, 2.75) is 18.0 Å². The monoisotopic (exact) mass is 333 g/mol. The number of benzene rings is 1. The molecule has 2 N–H and O–H groups in total. The first-order valence-corrected chi connectivity index (χ1v) is 7.56. The van der Waals surface area contributed by atoms with E-state index in [0.717, 1.165) is 6.39 Å². The number of hydrogen-bond acceptors (Lipinski definition) is 7. The second kappa shape index (κ2) is 6.39. The van der Waals surface area contributed by atoms with Crippen LogP contribution in [0, 0.1) is 0 Å². The summed E-state index contributed by atoms with van der Waals surface area (Å²) in [5.74, 6) is 0.212. The second-order valence-corrected chi connectivity index (χ2v) is 6.10. The molecule has 0 fully saturated rings. The fraction of sp³-hybridized carbons (Fsp3) is 0.273. The SMILES string of the molecule is COc1c(CO)cc(Cl)cc1S(=O)(=O)NCc1ncon1. The minimum absolute atomic E-state index is 0.0301. The summed E-state index contributed by atoms with van der Waals surface area (Å²) in [6.45, 7) is -0.556. The number of halogens is 1. The molecule has 0 saturated heterocycles. The van der Waals surface area contributed by atoms with Gasteiger partial charge in [-0.3, -0.25) is 0 Å². The van der Waals surface area contributed by atoms with E-state index < -0.39 is 16.6 Å². The van der Waals surface area contributed by atoms with E-state index in [9.17, 15) is 13.5 Å². The van der Waals surface area contributed by atoms with Gasteiger partial charge in [0.25, 0.3) is 0 Å². The lowest BCUT2D eigenvalue weighted by Crippen LogP contribution is -2.24. The number of sulfonamides is 1. The predicted molar refractivity (Wildman–Crippen MR) is 72.3 cm³/mol. The van der Waals surface area contributed by atoms with E-state index >= 15 is 0 Å². The van der Waals surface area contributed by atoms with Crippen molar-refractivity contribution < 1.29 is 22.8 Å². The molecule has 0 aliphatic heterocycles. The van der Waals surface area contributed by atoms with Crippen molar-refractivity contribution in [3.8, 4) is 5.75 Å². The first-order valence-electron chi connectivity index (χ1n) is 5.70. The number of nitrogens with one attached hydrogen (secondary N) is 1. The number of nitrogens with zero attached hydrogens (tertiary/aromatic N) is 2. The molecule has 1 aromatic heterocycles. The maximum atomic E-state index is 12.3. The molecular formula is C11H12ClN3O5S. The van der Waals surface area contributed by atoms with Crippen LogP contribution in [0.1, 0.15) is 11.4 Å². The van der Waals surface area contributed by atoms with Gasteiger partial charge in [-0.1, -0.05) is 16.8 Å². The topological polar surface area (TPSA) is 115 Å². The molecule has 0 radical (unpaired) electrons. The molecule has 0 aliphatic rings. The Morgan fingerprint density at radius 2 is 2.24 bits per heavy atom. The lowest BCUT2D eigenvalue weighted by atomic mass is 10.2. The van der Waals surface area contributed by atoms with Crippen LogP contribution in [0.15, 0.2) is 27.9 Å². The molecule has 0 atom stereocenters. The van der Waals surface area contributed by atoms with Crippen molar-refractivity contribution in [1.82, 2.24) is 14.9 Å². The van der Waals surface area contributed by atoms with Gasteiger partial charge < -0.3 is 14.4 Å². The van der Waals surface area contributed by atoms with Gasteiger partial charge in [-0.25, -0.2) is 13.1 Å². The van der Waals surface area contributed by atoms with E-state index in [2.05, 4.69) is 19.4 Å². The van der Waals surface area contributed by atoms with Crippen LogP contribution in [0.5, 0.6) is 5.75 Å². The Balaban J connectivity index is 2.36. The van der Waals surface area contributed by atoms with Crippen LogP contribution in [0.3, 0.4) is 0 Å². The Labute approximate surface area is 125 Å². The van der Waals surface area contributed by atoms with Crippen LogP contribution in [-0.2, 0) is 23.2 Å². The van der Waals surface area contributed by atoms with Gasteiger partial charge in [-0.2, -0.15) is 4.98 Å². The summed E-state index contributed by atoms with van der Waals surface area (Å²) < 4.78 is 36.5. The van der Waals surface area contributed by atoms with Crippen molar-refractivity contribution in [3.05, 3.63) is 34.9 Å². The van der Waals surface area contributed by atoms with Gasteiger partial charge in [0.05, 0.1) is 20.3 Å². The Hall–Kier alpha value is -1.68. The highest BCUT2D eigenvalue weighted by molar-refractivity contribution is 7.89. The zero-order valence-corrected chi connectivity index (χ0v) is 12.5. The number of aromatic nitrogens is 2. The lowest BCUT2D eigenvalue weighted by molar-refractivity contribution is 0.272. The fourth-order valence-corrected chi connectivity index (χ4v) is 3.20. The van der Waals surface area contributed by atoms with Crippen LogP contribution in [0.25, 0.3) is 0 Å². The van der Waals surface area contributed by atoms with Gasteiger partial charge in [-0.05, 0) is 12.1 Å². The molecule has 0 unspecified atom stereocenters. The molecular weight excluding hydrogens is 322 g/mol. The molecule has 2 aromatic rings. The maximum absolute atomic E-state index is 12.3. The lowest BCUT2D eigenvalue weighted by Gasteiger charge is -2.13. The third-order valence-corrected chi connectivity index (χ3v) is 4.21. The maximum Gasteiger partial charge on any atom is 0.244 e. The van der Waals surface area contributed by atoms with E-state index in [1.54, 1.807) is 0 Å². The zero-order chi connectivity index (χ0) is 15.5. The van der Waals surface area contributed by atoms with Gasteiger partial charge in [0.1, 0.15) is 10.6 Å². The number of aliphatic hydroxyl groups is 1. The quantitative estimate of drug-likeness (QED) is 0.799. The van der Waals surface area contributed by atoms with Gasteiger partial charge in [0.15, 0.2) is 5.82 Å².